The molecule has 3 N–H and O–H groups in total. The van der Waals surface area contributed by atoms with E-state index in [1.807, 2.05) is 54.6 Å². The summed E-state index contributed by atoms with van der Waals surface area (Å²) in [7, 11) is 0. The monoisotopic (exact) mass is 569 g/mol. The molecule has 5 rings (SSSR count). The standard InChI is InChI=1S/C33H32ClN3O4/c1-22-26(6-3-7-28(22)25-8-9-30-33(16-25)39-13-12-38-30)21-41-32-17-31(27(15-29(32)34)19-37-11-10-35)40-20-24-5-2-4-23(14-24)18-36/h2-9,14-17,37H,10-13,19-21,35H2,1H3. The van der Waals surface area contributed by atoms with Gasteiger partial charge < -0.3 is 30.0 Å². The largest absolute Gasteiger partial charge is 0.488 e. The molecule has 7 nitrogen and oxygen atoms in total. The van der Waals surface area contributed by atoms with E-state index in [9.17, 15) is 5.26 Å². The fourth-order valence-corrected chi connectivity index (χ4v) is 4.94. The molecule has 0 spiro atoms. The fraction of sp³-hybridized carbons (Fsp3) is 0.242. The SMILES string of the molecule is Cc1c(COc2cc(OCc3cccc(C#N)c3)c(CNCCN)cc2Cl)cccc1-c1ccc2c(c1)OCCO2. The van der Waals surface area contributed by atoms with Crippen LogP contribution in [0.1, 0.15) is 27.8 Å². The van der Waals surface area contributed by atoms with Crippen LogP contribution < -0.4 is 30.0 Å². The zero-order valence-electron chi connectivity index (χ0n) is 22.9. The van der Waals surface area contributed by atoms with Gasteiger partial charge in [0.1, 0.15) is 37.9 Å². The van der Waals surface area contributed by atoms with Gasteiger partial charge in [0.2, 0.25) is 0 Å². The number of hydrogen-bond donors (Lipinski definition) is 2. The molecular formula is C33H32ClN3O4. The average Bonchev–Trinajstić information content (AvgIpc) is 3.00. The molecule has 0 radical (unpaired) electrons. The molecule has 0 fully saturated rings. The van der Waals surface area contributed by atoms with Gasteiger partial charge in [-0.2, -0.15) is 5.26 Å². The van der Waals surface area contributed by atoms with E-state index in [1.165, 1.54) is 0 Å². The molecule has 1 heterocycles. The van der Waals surface area contributed by atoms with Crippen LogP contribution in [0.25, 0.3) is 11.1 Å². The van der Waals surface area contributed by atoms with E-state index in [2.05, 4.69) is 30.4 Å². The molecule has 0 saturated heterocycles. The minimum absolute atomic E-state index is 0.303. The molecule has 0 bridgehead atoms. The predicted octanol–water partition coefficient (Wildman–Crippen LogP) is 6.16. The summed E-state index contributed by atoms with van der Waals surface area (Å²) < 4.78 is 23.9. The summed E-state index contributed by atoms with van der Waals surface area (Å²) in [6.45, 7) is 5.56. The number of rotatable bonds is 11. The van der Waals surface area contributed by atoms with E-state index >= 15 is 0 Å². The molecule has 1 aliphatic heterocycles. The highest BCUT2D eigenvalue weighted by atomic mass is 35.5. The highest BCUT2D eigenvalue weighted by Gasteiger charge is 2.16. The Hall–Kier alpha value is -4.22. The number of fused-ring (bicyclic) bond motifs is 1. The summed E-state index contributed by atoms with van der Waals surface area (Å²) in [5, 5.41) is 13.0. The van der Waals surface area contributed by atoms with Crippen LogP contribution in [0.2, 0.25) is 5.02 Å². The molecule has 0 amide bonds. The van der Waals surface area contributed by atoms with Gasteiger partial charge in [0.05, 0.1) is 16.7 Å². The molecule has 0 unspecified atom stereocenters. The quantitative estimate of drug-likeness (QED) is 0.209. The number of nitriles is 1. The smallest absolute Gasteiger partial charge is 0.161 e. The van der Waals surface area contributed by atoms with Crippen molar-refractivity contribution in [3.8, 4) is 40.2 Å². The summed E-state index contributed by atoms with van der Waals surface area (Å²) in [6.07, 6.45) is 0. The van der Waals surface area contributed by atoms with Crippen molar-refractivity contribution in [2.75, 3.05) is 26.3 Å². The Morgan fingerprint density at radius 3 is 2.54 bits per heavy atom. The molecule has 8 heteroatoms. The highest BCUT2D eigenvalue weighted by molar-refractivity contribution is 6.32. The van der Waals surface area contributed by atoms with Gasteiger partial charge in [-0.1, -0.05) is 48.0 Å². The van der Waals surface area contributed by atoms with Crippen LogP contribution >= 0.6 is 11.6 Å². The van der Waals surface area contributed by atoms with Crippen LogP contribution in [0, 0.1) is 18.3 Å². The first-order valence-corrected chi connectivity index (χ1v) is 13.9. The van der Waals surface area contributed by atoms with Gasteiger partial charge in [0, 0.05) is 31.3 Å². The van der Waals surface area contributed by atoms with Gasteiger partial charge in [0.15, 0.2) is 11.5 Å². The van der Waals surface area contributed by atoms with Gasteiger partial charge in [-0.15, -0.1) is 0 Å². The number of halogens is 1. The zero-order chi connectivity index (χ0) is 28.6. The lowest BCUT2D eigenvalue weighted by Gasteiger charge is -2.20. The normalized spacial score (nSPS) is 12.0. The molecule has 41 heavy (non-hydrogen) atoms. The Bertz CT molecular complexity index is 1570. The minimum atomic E-state index is 0.303. The predicted molar refractivity (Wildman–Crippen MR) is 160 cm³/mol. The van der Waals surface area contributed by atoms with Gasteiger partial charge in [0.25, 0.3) is 0 Å². The van der Waals surface area contributed by atoms with Gasteiger partial charge >= 0.3 is 0 Å². The number of nitrogens with two attached hydrogens (primary N) is 1. The summed E-state index contributed by atoms with van der Waals surface area (Å²) in [4.78, 5) is 0. The van der Waals surface area contributed by atoms with E-state index < -0.39 is 0 Å². The topological polar surface area (TPSA) is 98.8 Å². The van der Waals surface area contributed by atoms with Gasteiger partial charge in [-0.25, -0.2) is 0 Å². The third-order valence-corrected chi connectivity index (χ3v) is 7.18. The molecule has 1 aliphatic rings. The molecule has 4 aromatic rings. The van der Waals surface area contributed by atoms with Crippen molar-refractivity contribution < 1.29 is 18.9 Å². The Labute approximate surface area is 245 Å². The summed E-state index contributed by atoms with van der Waals surface area (Å²) in [5.74, 6) is 2.70. The molecule has 0 aromatic heterocycles. The molecule has 0 saturated carbocycles. The van der Waals surface area contributed by atoms with E-state index in [4.69, 9.17) is 36.3 Å². The van der Waals surface area contributed by atoms with E-state index in [1.54, 1.807) is 6.07 Å². The molecule has 0 atom stereocenters. The summed E-state index contributed by atoms with van der Waals surface area (Å²) >= 11 is 6.68. The second-order valence-electron chi connectivity index (χ2n) is 9.69. The summed E-state index contributed by atoms with van der Waals surface area (Å²) in [5.41, 5.74) is 12.3. The van der Waals surface area contributed by atoms with Crippen LogP contribution in [-0.2, 0) is 19.8 Å². The van der Waals surface area contributed by atoms with Crippen LogP contribution in [0.4, 0.5) is 0 Å². The first kappa shape index (κ1) is 28.3. The van der Waals surface area contributed by atoms with Crippen molar-refractivity contribution in [3.05, 3.63) is 106 Å². The summed E-state index contributed by atoms with van der Waals surface area (Å²) in [6, 6.07) is 25.4. The fourth-order valence-electron chi connectivity index (χ4n) is 4.69. The highest BCUT2D eigenvalue weighted by Crippen LogP contribution is 2.37. The van der Waals surface area contributed by atoms with Crippen molar-refractivity contribution in [1.29, 1.82) is 5.26 Å². The second kappa shape index (κ2) is 13.4. The zero-order valence-corrected chi connectivity index (χ0v) is 23.7. The van der Waals surface area contributed by atoms with Crippen molar-refractivity contribution >= 4 is 11.6 Å². The maximum Gasteiger partial charge on any atom is 0.161 e. The third-order valence-electron chi connectivity index (χ3n) is 6.88. The first-order valence-electron chi connectivity index (χ1n) is 13.5. The van der Waals surface area contributed by atoms with Crippen LogP contribution in [-0.4, -0.2) is 26.3 Å². The molecule has 0 aliphatic carbocycles. The maximum absolute atomic E-state index is 9.23. The average molecular weight is 570 g/mol. The Kier molecular flexibility index (Phi) is 9.27. The Balaban J connectivity index is 1.35. The Morgan fingerprint density at radius 1 is 0.902 bits per heavy atom. The second-order valence-corrected chi connectivity index (χ2v) is 10.1. The number of nitrogens with zero attached hydrogens (tertiary/aromatic N) is 1. The van der Waals surface area contributed by atoms with E-state index in [0.717, 1.165) is 44.9 Å². The molecular weight excluding hydrogens is 538 g/mol. The third kappa shape index (κ3) is 6.93. The van der Waals surface area contributed by atoms with Crippen molar-refractivity contribution in [2.45, 2.75) is 26.7 Å². The number of benzene rings is 4. The van der Waals surface area contributed by atoms with Crippen molar-refractivity contribution in [1.82, 2.24) is 5.32 Å². The van der Waals surface area contributed by atoms with E-state index in [-0.39, 0.29) is 0 Å². The van der Waals surface area contributed by atoms with Crippen LogP contribution in [0.5, 0.6) is 23.0 Å². The minimum Gasteiger partial charge on any atom is -0.488 e. The molecule has 210 valence electrons. The lowest BCUT2D eigenvalue weighted by molar-refractivity contribution is 0.171. The van der Waals surface area contributed by atoms with Gasteiger partial charge in [-0.3, -0.25) is 0 Å². The lowest BCUT2D eigenvalue weighted by Crippen LogP contribution is -2.22. The van der Waals surface area contributed by atoms with Crippen molar-refractivity contribution in [3.63, 3.8) is 0 Å². The van der Waals surface area contributed by atoms with Crippen LogP contribution in [0.3, 0.4) is 0 Å². The maximum atomic E-state index is 9.23. The number of hydrogen-bond acceptors (Lipinski definition) is 7. The lowest BCUT2D eigenvalue weighted by atomic mass is 9.96. The van der Waals surface area contributed by atoms with Crippen LogP contribution in [0.15, 0.2) is 72.8 Å². The van der Waals surface area contributed by atoms with Crippen molar-refractivity contribution in [2.24, 2.45) is 5.73 Å². The first-order chi connectivity index (χ1) is 20.1. The molecule has 4 aromatic carbocycles. The number of ether oxygens (including phenoxy) is 4. The Morgan fingerprint density at radius 2 is 1.71 bits per heavy atom. The van der Waals surface area contributed by atoms with Gasteiger partial charge in [-0.05, 0) is 65.1 Å². The number of nitrogens with one attached hydrogen (secondary N) is 1. The van der Waals surface area contributed by atoms with E-state index in [0.29, 0.717) is 68.1 Å².